The molecule has 1 aromatic heterocycles. The summed E-state index contributed by atoms with van der Waals surface area (Å²) in [7, 11) is 0. The smallest absolute Gasteiger partial charge is 0.293 e. The molecule has 0 saturated carbocycles. The first-order chi connectivity index (χ1) is 8.40. The van der Waals surface area contributed by atoms with E-state index in [0.717, 1.165) is 6.42 Å². The molecule has 0 fully saturated rings. The van der Waals surface area contributed by atoms with Crippen molar-refractivity contribution in [2.45, 2.75) is 52.1 Å². The molecule has 0 spiro atoms. The van der Waals surface area contributed by atoms with Crippen LogP contribution in [0.25, 0.3) is 0 Å². The van der Waals surface area contributed by atoms with E-state index in [4.69, 9.17) is 5.11 Å². The van der Waals surface area contributed by atoms with Gasteiger partial charge in [-0.05, 0) is 33.6 Å². The average molecular weight is 253 g/mol. The Kier molecular flexibility index (Phi) is 4.90. The standard InChI is InChI=1S/C13H23N3O2/c1-5-10(6-9-17)15-11-12(18)16(8-7-14-11)13(2,3)4/h7-8,10,17H,5-6,9H2,1-4H3,(H,14,15). The number of nitrogens with zero attached hydrogens (tertiary/aromatic N) is 2. The van der Waals surface area contributed by atoms with Crippen molar-refractivity contribution in [3.63, 3.8) is 0 Å². The molecule has 1 atom stereocenters. The highest BCUT2D eigenvalue weighted by Gasteiger charge is 2.17. The van der Waals surface area contributed by atoms with Crippen molar-refractivity contribution < 1.29 is 5.11 Å². The van der Waals surface area contributed by atoms with Gasteiger partial charge in [-0.2, -0.15) is 0 Å². The molecule has 5 heteroatoms. The first-order valence-electron chi connectivity index (χ1n) is 6.35. The molecule has 0 radical (unpaired) electrons. The minimum Gasteiger partial charge on any atom is -0.396 e. The van der Waals surface area contributed by atoms with Gasteiger partial charge in [0.15, 0.2) is 5.82 Å². The second-order valence-corrected chi connectivity index (χ2v) is 5.38. The van der Waals surface area contributed by atoms with Gasteiger partial charge >= 0.3 is 0 Å². The van der Waals surface area contributed by atoms with E-state index in [2.05, 4.69) is 10.3 Å². The number of hydrogen-bond donors (Lipinski definition) is 2. The summed E-state index contributed by atoms with van der Waals surface area (Å²) in [5, 5.41) is 12.1. The summed E-state index contributed by atoms with van der Waals surface area (Å²) in [6, 6.07) is 0.0750. The molecule has 1 rings (SSSR count). The lowest BCUT2D eigenvalue weighted by atomic mass is 10.1. The van der Waals surface area contributed by atoms with E-state index in [1.807, 2.05) is 27.7 Å². The highest BCUT2D eigenvalue weighted by Crippen LogP contribution is 2.11. The van der Waals surface area contributed by atoms with E-state index in [-0.39, 0.29) is 23.7 Å². The van der Waals surface area contributed by atoms with Gasteiger partial charge in [-0.3, -0.25) is 4.79 Å². The molecule has 1 aromatic rings. The van der Waals surface area contributed by atoms with Gasteiger partial charge in [-0.15, -0.1) is 0 Å². The van der Waals surface area contributed by atoms with Crippen molar-refractivity contribution in [3.05, 3.63) is 22.7 Å². The molecule has 1 heterocycles. The Balaban J connectivity index is 3.01. The second-order valence-electron chi connectivity index (χ2n) is 5.38. The number of nitrogens with one attached hydrogen (secondary N) is 1. The van der Waals surface area contributed by atoms with Crippen molar-refractivity contribution >= 4 is 5.82 Å². The van der Waals surface area contributed by atoms with Gasteiger partial charge in [0.05, 0.1) is 0 Å². The van der Waals surface area contributed by atoms with Crippen molar-refractivity contribution in [2.24, 2.45) is 0 Å². The molecule has 2 N–H and O–H groups in total. The highest BCUT2D eigenvalue weighted by atomic mass is 16.3. The van der Waals surface area contributed by atoms with Crippen LogP contribution >= 0.6 is 0 Å². The van der Waals surface area contributed by atoms with Crippen LogP contribution in [0, 0.1) is 0 Å². The van der Waals surface area contributed by atoms with E-state index < -0.39 is 0 Å². The van der Waals surface area contributed by atoms with Gasteiger partial charge in [0, 0.05) is 30.6 Å². The summed E-state index contributed by atoms with van der Waals surface area (Å²) in [4.78, 5) is 16.3. The lowest BCUT2D eigenvalue weighted by molar-refractivity contribution is 0.278. The fourth-order valence-corrected chi connectivity index (χ4v) is 1.77. The molecule has 102 valence electrons. The van der Waals surface area contributed by atoms with Gasteiger partial charge in [0.1, 0.15) is 0 Å². The number of aliphatic hydroxyl groups excluding tert-OH is 1. The third kappa shape index (κ3) is 3.57. The topological polar surface area (TPSA) is 67.2 Å². The zero-order valence-corrected chi connectivity index (χ0v) is 11.6. The van der Waals surface area contributed by atoms with Gasteiger partial charge in [0.25, 0.3) is 5.56 Å². The van der Waals surface area contributed by atoms with Crippen molar-refractivity contribution in [2.75, 3.05) is 11.9 Å². The van der Waals surface area contributed by atoms with Crippen molar-refractivity contribution in [1.29, 1.82) is 0 Å². The van der Waals surface area contributed by atoms with E-state index >= 15 is 0 Å². The van der Waals surface area contributed by atoms with Crippen LogP contribution in [0.5, 0.6) is 0 Å². The van der Waals surface area contributed by atoms with Crippen LogP contribution < -0.4 is 10.9 Å². The SMILES string of the molecule is CCC(CCO)Nc1nccn(C(C)(C)C)c1=O. The minimum absolute atomic E-state index is 0.0750. The monoisotopic (exact) mass is 253 g/mol. The predicted octanol–water partition coefficient (Wildman–Crippen LogP) is 1.57. The number of hydrogen-bond acceptors (Lipinski definition) is 4. The van der Waals surface area contributed by atoms with Crippen LogP contribution in [0.1, 0.15) is 40.5 Å². The normalized spacial score (nSPS) is 13.4. The van der Waals surface area contributed by atoms with E-state index in [9.17, 15) is 4.79 Å². The zero-order chi connectivity index (χ0) is 13.8. The molecule has 5 nitrogen and oxygen atoms in total. The summed E-state index contributed by atoms with van der Waals surface area (Å²) in [5.41, 5.74) is -0.392. The number of aliphatic hydroxyl groups is 1. The number of rotatable bonds is 5. The minimum atomic E-state index is -0.269. The largest absolute Gasteiger partial charge is 0.396 e. The fraction of sp³-hybridized carbons (Fsp3) is 0.692. The molecule has 0 aromatic carbocycles. The van der Waals surface area contributed by atoms with E-state index in [1.165, 1.54) is 0 Å². The van der Waals surface area contributed by atoms with Gasteiger partial charge < -0.3 is 15.0 Å². The molecular weight excluding hydrogens is 230 g/mol. The first kappa shape index (κ1) is 14.7. The Hall–Kier alpha value is -1.36. The van der Waals surface area contributed by atoms with Crippen molar-refractivity contribution in [1.82, 2.24) is 9.55 Å². The molecule has 0 saturated heterocycles. The zero-order valence-electron chi connectivity index (χ0n) is 11.6. The van der Waals surface area contributed by atoms with Crippen LogP contribution in [-0.2, 0) is 5.54 Å². The van der Waals surface area contributed by atoms with Crippen LogP contribution in [0.2, 0.25) is 0 Å². The number of aromatic nitrogens is 2. The molecule has 0 aliphatic rings. The summed E-state index contributed by atoms with van der Waals surface area (Å²) in [5.74, 6) is 0.354. The Bertz CT molecular complexity index is 435. The Morgan fingerprint density at radius 2 is 2.17 bits per heavy atom. The molecule has 1 unspecified atom stereocenters. The lowest BCUT2D eigenvalue weighted by Crippen LogP contribution is -2.36. The van der Waals surface area contributed by atoms with Crippen molar-refractivity contribution in [3.8, 4) is 0 Å². The molecule has 0 amide bonds. The molecular formula is C13H23N3O2. The Morgan fingerprint density at radius 1 is 1.50 bits per heavy atom. The summed E-state index contributed by atoms with van der Waals surface area (Å²) >= 11 is 0. The predicted molar refractivity (Wildman–Crippen MR) is 72.9 cm³/mol. The second kappa shape index (κ2) is 6.00. The summed E-state index contributed by atoms with van der Waals surface area (Å²) in [6.07, 6.45) is 4.77. The first-order valence-corrected chi connectivity index (χ1v) is 6.35. The maximum Gasteiger partial charge on any atom is 0.293 e. The van der Waals surface area contributed by atoms with E-state index in [1.54, 1.807) is 17.0 Å². The molecule has 0 bridgehead atoms. The molecule has 0 aliphatic carbocycles. The quantitative estimate of drug-likeness (QED) is 0.836. The van der Waals surface area contributed by atoms with Gasteiger partial charge in [0.2, 0.25) is 0 Å². The Labute approximate surface area is 108 Å². The average Bonchev–Trinajstić information content (AvgIpc) is 2.29. The highest BCUT2D eigenvalue weighted by molar-refractivity contribution is 5.32. The Morgan fingerprint density at radius 3 is 2.67 bits per heavy atom. The molecule has 0 aliphatic heterocycles. The van der Waals surface area contributed by atoms with Gasteiger partial charge in [-0.25, -0.2) is 4.98 Å². The number of anilines is 1. The van der Waals surface area contributed by atoms with Crippen LogP contribution in [0.3, 0.4) is 0 Å². The van der Waals surface area contributed by atoms with Crippen LogP contribution in [0.15, 0.2) is 17.2 Å². The lowest BCUT2D eigenvalue weighted by Gasteiger charge is -2.23. The summed E-state index contributed by atoms with van der Waals surface area (Å²) in [6.45, 7) is 8.04. The third-order valence-electron chi connectivity index (χ3n) is 2.87. The maximum atomic E-state index is 12.2. The molecule has 18 heavy (non-hydrogen) atoms. The summed E-state index contributed by atoms with van der Waals surface area (Å²) < 4.78 is 1.66. The maximum absolute atomic E-state index is 12.2. The third-order valence-corrected chi connectivity index (χ3v) is 2.87. The van der Waals surface area contributed by atoms with E-state index in [0.29, 0.717) is 12.2 Å². The fourth-order valence-electron chi connectivity index (χ4n) is 1.77. The van der Waals surface area contributed by atoms with Gasteiger partial charge in [-0.1, -0.05) is 6.92 Å². The van der Waals surface area contributed by atoms with Crippen LogP contribution in [-0.4, -0.2) is 27.3 Å². The van der Waals surface area contributed by atoms with Crippen LogP contribution in [0.4, 0.5) is 5.82 Å².